The van der Waals surface area contributed by atoms with E-state index in [9.17, 15) is 0 Å². The van der Waals surface area contributed by atoms with Gasteiger partial charge in [-0.15, -0.1) is 0 Å². The Morgan fingerprint density at radius 1 is 1.38 bits per heavy atom. The van der Waals surface area contributed by atoms with Crippen LogP contribution in [0.3, 0.4) is 0 Å². The maximum absolute atomic E-state index is 5.94. The maximum Gasteiger partial charge on any atom is 0.243 e. The van der Waals surface area contributed by atoms with Gasteiger partial charge in [0.05, 0.1) is 6.04 Å². The molecule has 1 aromatic rings. The fourth-order valence-electron chi connectivity index (χ4n) is 1.31. The summed E-state index contributed by atoms with van der Waals surface area (Å²) in [5.74, 6) is 3.04. The Balaban J connectivity index is 2.43. The lowest BCUT2D eigenvalue weighted by atomic mass is 10.1. The number of rotatable bonds is 7. The van der Waals surface area contributed by atoms with Crippen LogP contribution in [0.5, 0.6) is 0 Å². The van der Waals surface area contributed by atoms with Gasteiger partial charge in [0.25, 0.3) is 0 Å². The molecule has 0 unspecified atom stereocenters. The van der Waals surface area contributed by atoms with Gasteiger partial charge in [-0.25, -0.2) is 0 Å². The maximum atomic E-state index is 5.94. The highest BCUT2D eigenvalue weighted by atomic mass is 32.2. The Morgan fingerprint density at radius 2 is 2.12 bits per heavy atom. The van der Waals surface area contributed by atoms with Crippen molar-refractivity contribution in [3.63, 3.8) is 0 Å². The third-order valence-corrected chi connectivity index (χ3v) is 3.02. The quantitative estimate of drug-likeness (QED) is 0.796. The van der Waals surface area contributed by atoms with Crippen molar-refractivity contribution in [1.29, 1.82) is 0 Å². The molecule has 0 aromatic carbocycles. The zero-order chi connectivity index (χ0) is 12.0. The molecule has 1 atom stereocenters. The monoisotopic (exact) mass is 243 g/mol. The first-order valence-electron chi connectivity index (χ1n) is 5.70. The summed E-state index contributed by atoms with van der Waals surface area (Å²) >= 11 is 1.78. The Bertz CT molecular complexity index is 301. The summed E-state index contributed by atoms with van der Waals surface area (Å²) in [6.45, 7) is 4.37. The zero-order valence-electron chi connectivity index (χ0n) is 10.3. The lowest BCUT2D eigenvalue weighted by molar-refractivity contribution is 0.348. The van der Waals surface area contributed by atoms with Crippen LogP contribution in [0.15, 0.2) is 4.52 Å². The third-order valence-electron chi connectivity index (χ3n) is 2.38. The average molecular weight is 243 g/mol. The summed E-state index contributed by atoms with van der Waals surface area (Å²) in [6, 6.07) is -0.118. The molecule has 0 bridgehead atoms. The third kappa shape index (κ3) is 4.53. The van der Waals surface area contributed by atoms with E-state index in [4.69, 9.17) is 10.3 Å². The lowest BCUT2D eigenvalue weighted by Gasteiger charge is -2.03. The van der Waals surface area contributed by atoms with E-state index in [0.29, 0.717) is 11.8 Å². The molecule has 0 aliphatic carbocycles. The second-order valence-corrected chi connectivity index (χ2v) is 5.35. The van der Waals surface area contributed by atoms with Gasteiger partial charge >= 0.3 is 0 Å². The van der Waals surface area contributed by atoms with Crippen LogP contribution in [0.2, 0.25) is 0 Å². The Labute approximate surface area is 101 Å². The van der Waals surface area contributed by atoms with Gasteiger partial charge in [0, 0.05) is 6.42 Å². The summed E-state index contributed by atoms with van der Waals surface area (Å²) in [7, 11) is 0. The molecule has 4 nitrogen and oxygen atoms in total. The molecule has 16 heavy (non-hydrogen) atoms. The number of hydrogen-bond donors (Lipinski definition) is 1. The summed E-state index contributed by atoms with van der Waals surface area (Å²) in [6.07, 6.45) is 4.90. The van der Waals surface area contributed by atoms with Crippen LogP contribution < -0.4 is 5.73 Å². The topological polar surface area (TPSA) is 64.9 Å². The summed E-state index contributed by atoms with van der Waals surface area (Å²) in [5, 5.41) is 3.94. The van der Waals surface area contributed by atoms with Crippen LogP contribution in [0.4, 0.5) is 0 Å². The molecule has 0 amide bonds. The van der Waals surface area contributed by atoms with Gasteiger partial charge in [-0.05, 0) is 30.8 Å². The summed E-state index contributed by atoms with van der Waals surface area (Å²) < 4.78 is 5.16. The SMILES string of the molecule is CSCC[C@H](N)c1nc(CCC(C)C)no1. The van der Waals surface area contributed by atoms with E-state index in [1.807, 2.05) is 0 Å². The van der Waals surface area contributed by atoms with Gasteiger partial charge in [0.1, 0.15) is 0 Å². The molecule has 1 heterocycles. The Hall–Kier alpha value is -0.550. The molecular formula is C11H21N3OS. The van der Waals surface area contributed by atoms with Gasteiger partial charge in [-0.3, -0.25) is 0 Å². The molecule has 5 heteroatoms. The first-order chi connectivity index (χ1) is 7.63. The minimum atomic E-state index is -0.118. The standard InChI is InChI=1S/C11H21N3OS/c1-8(2)4-5-10-13-11(15-14-10)9(12)6-7-16-3/h8-9H,4-7,12H2,1-3H3/t9-/m0/s1. The van der Waals surface area contributed by atoms with E-state index in [1.54, 1.807) is 11.8 Å². The van der Waals surface area contributed by atoms with E-state index >= 15 is 0 Å². The fourth-order valence-corrected chi connectivity index (χ4v) is 1.80. The smallest absolute Gasteiger partial charge is 0.243 e. The number of nitrogens with zero attached hydrogens (tertiary/aromatic N) is 2. The van der Waals surface area contributed by atoms with Crippen molar-refractivity contribution in [1.82, 2.24) is 10.1 Å². The van der Waals surface area contributed by atoms with Crippen molar-refractivity contribution in [3.8, 4) is 0 Å². The van der Waals surface area contributed by atoms with E-state index < -0.39 is 0 Å². The lowest BCUT2D eigenvalue weighted by Crippen LogP contribution is -2.11. The molecule has 92 valence electrons. The molecule has 0 aliphatic heterocycles. The van der Waals surface area contributed by atoms with Gasteiger partial charge in [0.2, 0.25) is 5.89 Å². The van der Waals surface area contributed by atoms with Gasteiger partial charge < -0.3 is 10.3 Å². The Kier molecular flexibility index (Phi) is 5.84. The van der Waals surface area contributed by atoms with Crippen molar-refractivity contribution < 1.29 is 4.52 Å². The van der Waals surface area contributed by atoms with Gasteiger partial charge in [0.15, 0.2) is 5.82 Å². The van der Waals surface area contributed by atoms with Crippen molar-refractivity contribution >= 4 is 11.8 Å². The van der Waals surface area contributed by atoms with E-state index in [-0.39, 0.29) is 6.04 Å². The van der Waals surface area contributed by atoms with Crippen LogP contribution in [-0.2, 0) is 6.42 Å². The van der Waals surface area contributed by atoms with Crippen LogP contribution in [0, 0.1) is 5.92 Å². The predicted molar refractivity (Wildman–Crippen MR) is 67.4 cm³/mol. The molecule has 0 saturated heterocycles. The number of thioether (sulfide) groups is 1. The van der Waals surface area contributed by atoms with Crippen molar-refractivity contribution in [3.05, 3.63) is 11.7 Å². The van der Waals surface area contributed by atoms with Crippen LogP contribution in [0.25, 0.3) is 0 Å². The molecule has 1 aromatic heterocycles. The first kappa shape index (κ1) is 13.5. The number of aromatic nitrogens is 2. The first-order valence-corrected chi connectivity index (χ1v) is 7.10. The number of hydrogen-bond acceptors (Lipinski definition) is 5. The summed E-state index contributed by atoms with van der Waals surface area (Å²) in [5.41, 5.74) is 5.94. The highest BCUT2D eigenvalue weighted by molar-refractivity contribution is 7.98. The van der Waals surface area contributed by atoms with Gasteiger partial charge in [-0.1, -0.05) is 19.0 Å². The number of nitrogens with two attached hydrogens (primary N) is 1. The minimum Gasteiger partial charge on any atom is -0.338 e. The van der Waals surface area contributed by atoms with E-state index in [2.05, 4.69) is 30.2 Å². The fraction of sp³-hybridized carbons (Fsp3) is 0.818. The molecule has 0 radical (unpaired) electrons. The number of aryl methyl sites for hydroxylation is 1. The van der Waals surface area contributed by atoms with E-state index in [1.165, 1.54) is 0 Å². The van der Waals surface area contributed by atoms with Crippen molar-refractivity contribution in [2.24, 2.45) is 11.7 Å². The Morgan fingerprint density at radius 3 is 2.75 bits per heavy atom. The van der Waals surface area contributed by atoms with Gasteiger partial charge in [-0.2, -0.15) is 16.7 Å². The van der Waals surface area contributed by atoms with E-state index in [0.717, 1.165) is 30.8 Å². The van der Waals surface area contributed by atoms with Crippen molar-refractivity contribution in [2.45, 2.75) is 39.2 Å². The second kappa shape index (κ2) is 6.91. The zero-order valence-corrected chi connectivity index (χ0v) is 11.1. The molecule has 1 rings (SSSR count). The largest absolute Gasteiger partial charge is 0.338 e. The van der Waals surface area contributed by atoms with Crippen LogP contribution >= 0.6 is 11.8 Å². The summed E-state index contributed by atoms with van der Waals surface area (Å²) in [4.78, 5) is 4.32. The highest BCUT2D eigenvalue weighted by Crippen LogP contribution is 2.15. The van der Waals surface area contributed by atoms with Crippen LogP contribution in [-0.4, -0.2) is 22.1 Å². The molecular weight excluding hydrogens is 222 g/mol. The average Bonchev–Trinajstić information content (AvgIpc) is 2.71. The molecule has 2 N–H and O–H groups in total. The highest BCUT2D eigenvalue weighted by Gasteiger charge is 2.14. The molecule has 0 aliphatic rings. The predicted octanol–water partition coefficient (Wildman–Crippen LogP) is 2.41. The van der Waals surface area contributed by atoms with Crippen molar-refractivity contribution in [2.75, 3.05) is 12.0 Å². The molecule has 0 saturated carbocycles. The minimum absolute atomic E-state index is 0.118. The second-order valence-electron chi connectivity index (χ2n) is 4.37. The molecule has 0 spiro atoms. The molecule has 0 fully saturated rings. The normalized spacial score (nSPS) is 13.3. The van der Waals surface area contributed by atoms with Crippen LogP contribution in [0.1, 0.15) is 44.4 Å².